The van der Waals surface area contributed by atoms with Crippen LogP contribution in [0.5, 0.6) is 5.75 Å². The summed E-state index contributed by atoms with van der Waals surface area (Å²) in [5, 5.41) is 14.4. The van der Waals surface area contributed by atoms with Gasteiger partial charge in [0.1, 0.15) is 24.0 Å². The van der Waals surface area contributed by atoms with E-state index in [2.05, 4.69) is 20.0 Å². The summed E-state index contributed by atoms with van der Waals surface area (Å²) in [6.45, 7) is 1.05. The van der Waals surface area contributed by atoms with Crippen molar-refractivity contribution in [3.63, 3.8) is 0 Å². The number of rotatable bonds is 10. The fourth-order valence-corrected chi connectivity index (χ4v) is 7.50. The summed E-state index contributed by atoms with van der Waals surface area (Å²) in [6.07, 6.45) is -2.24. The number of nitrogens with one attached hydrogen (secondary N) is 1. The molecule has 16 heteroatoms. The van der Waals surface area contributed by atoms with Gasteiger partial charge in [-0.25, -0.2) is 14.5 Å². The second-order valence-corrected chi connectivity index (χ2v) is 13.1. The number of benzene rings is 1. The molecule has 1 saturated heterocycles. The van der Waals surface area contributed by atoms with E-state index in [0.29, 0.717) is 17.1 Å². The molecule has 1 saturated carbocycles. The Hall–Kier alpha value is -2.94. The molecule has 0 amide bonds. The molecule has 1 aromatic carbocycles. The number of fused-ring (bicyclic) bond motifs is 2. The Labute approximate surface area is 235 Å². The molecule has 5 rings (SSSR count). The van der Waals surface area contributed by atoms with Gasteiger partial charge in [0.05, 0.1) is 12.9 Å². The Morgan fingerprint density at radius 2 is 2.08 bits per heavy atom. The third kappa shape index (κ3) is 4.70. The van der Waals surface area contributed by atoms with Crippen LogP contribution in [-0.4, -0.2) is 80.8 Å². The predicted molar refractivity (Wildman–Crippen MR) is 148 cm³/mol. The lowest BCUT2D eigenvalue weighted by molar-refractivity contribution is -0.144. The first-order valence-corrected chi connectivity index (χ1v) is 15.2. The molecule has 3 aromatic rings. The minimum Gasteiger partial charge on any atom is -0.465 e. The van der Waals surface area contributed by atoms with Gasteiger partial charge in [0.25, 0.3) is 0 Å². The maximum absolute atomic E-state index is 16.5. The highest BCUT2D eigenvalue weighted by molar-refractivity contribution is 8.09. The highest BCUT2D eigenvalue weighted by atomic mass is 32.5. The van der Waals surface area contributed by atoms with E-state index in [-0.39, 0.29) is 18.2 Å². The minimum absolute atomic E-state index is 0.0258. The van der Waals surface area contributed by atoms with Gasteiger partial charge >= 0.3 is 12.6 Å². The van der Waals surface area contributed by atoms with Crippen LogP contribution in [-0.2, 0) is 30.6 Å². The molecular formula is C24H31FN7O6PS. The number of hydrogen-bond donors (Lipinski definition) is 3. The van der Waals surface area contributed by atoms with Crippen molar-refractivity contribution in [2.75, 3.05) is 31.3 Å². The number of alkyl halides is 1. The highest BCUT2D eigenvalue weighted by Gasteiger charge is 2.85. The van der Waals surface area contributed by atoms with Crippen molar-refractivity contribution in [3.05, 3.63) is 36.7 Å². The lowest BCUT2D eigenvalue weighted by Gasteiger charge is -2.33. The molecule has 1 aliphatic heterocycles. The monoisotopic (exact) mass is 595 g/mol. The molecule has 7 atom stereocenters. The quantitative estimate of drug-likeness (QED) is 0.231. The lowest BCUT2D eigenvalue weighted by atomic mass is 9.97. The second-order valence-electron chi connectivity index (χ2n) is 9.96. The van der Waals surface area contributed by atoms with Crippen LogP contribution in [0.3, 0.4) is 0 Å². The summed E-state index contributed by atoms with van der Waals surface area (Å²) in [4.78, 5) is 26.8. The Morgan fingerprint density at radius 3 is 2.67 bits per heavy atom. The smallest absolute Gasteiger partial charge is 0.323 e. The van der Waals surface area contributed by atoms with Crippen LogP contribution < -0.4 is 20.2 Å². The van der Waals surface area contributed by atoms with Gasteiger partial charge < -0.3 is 29.7 Å². The molecule has 2 aliphatic rings. The molecule has 40 heavy (non-hydrogen) atoms. The molecule has 4 N–H and O–H groups in total. The first-order valence-electron chi connectivity index (χ1n) is 12.5. The van der Waals surface area contributed by atoms with Crippen molar-refractivity contribution < 1.29 is 32.8 Å². The average Bonchev–Trinajstić information content (AvgIpc) is 3.15. The van der Waals surface area contributed by atoms with E-state index in [1.807, 2.05) is 0 Å². The number of hydrogen-bond acceptors (Lipinski definition) is 12. The Kier molecular flexibility index (Phi) is 7.26. The number of anilines is 2. The normalized spacial score (nSPS) is 29.4. The summed E-state index contributed by atoms with van der Waals surface area (Å²) in [5.41, 5.74) is 2.07. The van der Waals surface area contributed by atoms with E-state index in [4.69, 9.17) is 36.1 Å². The second kappa shape index (κ2) is 10.2. The van der Waals surface area contributed by atoms with E-state index < -0.39 is 48.4 Å². The Bertz CT molecular complexity index is 1480. The molecule has 0 spiro atoms. The van der Waals surface area contributed by atoms with Gasteiger partial charge in [0.2, 0.25) is 5.95 Å². The number of halogens is 1. The Balaban J connectivity index is 1.42. The van der Waals surface area contributed by atoms with E-state index in [0.717, 1.165) is 0 Å². The third-order valence-corrected chi connectivity index (χ3v) is 9.32. The van der Waals surface area contributed by atoms with Crippen molar-refractivity contribution in [2.45, 2.75) is 56.5 Å². The lowest BCUT2D eigenvalue weighted by Crippen LogP contribution is -2.45. The van der Waals surface area contributed by atoms with E-state index in [1.165, 1.54) is 17.8 Å². The minimum atomic E-state index is -3.55. The van der Waals surface area contributed by atoms with Crippen LogP contribution in [0, 0.1) is 0 Å². The predicted octanol–water partition coefficient (Wildman–Crippen LogP) is 2.07. The molecule has 2 unspecified atom stereocenters. The van der Waals surface area contributed by atoms with Gasteiger partial charge in [-0.1, -0.05) is 18.2 Å². The van der Waals surface area contributed by atoms with Crippen LogP contribution in [0.4, 0.5) is 16.2 Å². The number of para-hydroxylation sites is 1. The number of ether oxygens (including phenoxy) is 2. The average molecular weight is 596 g/mol. The molecule has 13 nitrogen and oxygen atoms in total. The van der Waals surface area contributed by atoms with Crippen molar-refractivity contribution in [2.24, 2.45) is 0 Å². The fourth-order valence-electron chi connectivity index (χ4n) is 4.78. The van der Waals surface area contributed by atoms with Gasteiger partial charge in [-0.3, -0.25) is 13.9 Å². The van der Waals surface area contributed by atoms with Crippen molar-refractivity contribution in [1.82, 2.24) is 24.6 Å². The van der Waals surface area contributed by atoms with Crippen LogP contribution in [0.25, 0.3) is 11.2 Å². The Morgan fingerprint density at radius 1 is 1.38 bits per heavy atom. The van der Waals surface area contributed by atoms with Crippen molar-refractivity contribution in [1.29, 1.82) is 0 Å². The highest BCUT2D eigenvalue weighted by Crippen LogP contribution is 2.66. The number of esters is 1. The number of nitrogens with two attached hydrogens (primary N) is 1. The van der Waals surface area contributed by atoms with Crippen LogP contribution >= 0.6 is 6.64 Å². The van der Waals surface area contributed by atoms with Gasteiger partial charge in [-0.15, -0.1) is 0 Å². The van der Waals surface area contributed by atoms with Gasteiger partial charge in [-0.05, 0) is 44.7 Å². The number of aromatic nitrogens is 4. The molecule has 0 radical (unpaired) electrons. The molecule has 2 aromatic heterocycles. The zero-order chi connectivity index (χ0) is 29.0. The number of carbonyl (C=O) groups excluding carboxylic acids is 1. The molecule has 0 bridgehead atoms. The number of nitrogens with zero attached hydrogens (tertiary/aromatic N) is 5. The molecular weight excluding hydrogens is 564 g/mol. The zero-order valence-electron chi connectivity index (χ0n) is 22.5. The fraction of sp³-hybridized carbons (Fsp3) is 0.500. The third-order valence-electron chi connectivity index (χ3n) is 6.87. The van der Waals surface area contributed by atoms with Gasteiger partial charge in [-0.2, -0.15) is 9.97 Å². The molecule has 3 heterocycles. The van der Waals surface area contributed by atoms with Crippen LogP contribution in [0.1, 0.15) is 27.0 Å². The van der Waals surface area contributed by atoms with E-state index in [9.17, 15) is 9.90 Å². The SMILES string of the molecule is CCOC(=O)[C@@H](C)NP(=S)(Oc1ccccc1)OC1[C@H]2O[C@@H](n3cnc4c(N(C)C)nc(N)nc43)[C@](C)(F)[C@@]12O. The first kappa shape index (κ1) is 28.6. The number of aliphatic hydroxyl groups is 1. The summed E-state index contributed by atoms with van der Waals surface area (Å²) < 4.78 is 41.0. The summed E-state index contributed by atoms with van der Waals surface area (Å²) in [7, 11) is 3.54. The summed E-state index contributed by atoms with van der Waals surface area (Å²) in [6, 6.07) is 7.69. The van der Waals surface area contributed by atoms with Gasteiger partial charge in [0, 0.05) is 14.1 Å². The summed E-state index contributed by atoms with van der Waals surface area (Å²) in [5.74, 6) is 0.226. The zero-order valence-corrected chi connectivity index (χ0v) is 24.2. The number of carbonyl (C=O) groups is 1. The molecule has 2 fully saturated rings. The number of imidazole rings is 1. The topological polar surface area (TPSA) is 159 Å². The maximum atomic E-state index is 16.5. The van der Waals surface area contributed by atoms with Crippen LogP contribution in [0.15, 0.2) is 36.7 Å². The summed E-state index contributed by atoms with van der Waals surface area (Å²) >= 11 is 5.72. The maximum Gasteiger partial charge on any atom is 0.323 e. The number of nitrogen functional groups attached to an aromatic ring is 1. The molecule has 216 valence electrons. The van der Waals surface area contributed by atoms with Crippen molar-refractivity contribution >= 4 is 47.3 Å². The van der Waals surface area contributed by atoms with Gasteiger partial charge in [0.15, 0.2) is 34.5 Å². The van der Waals surface area contributed by atoms with Crippen LogP contribution in [0.2, 0.25) is 0 Å². The van der Waals surface area contributed by atoms with E-state index in [1.54, 1.807) is 63.2 Å². The van der Waals surface area contributed by atoms with E-state index >= 15 is 4.39 Å². The first-order chi connectivity index (χ1) is 18.8. The molecule has 1 aliphatic carbocycles. The van der Waals surface area contributed by atoms with Crippen molar-refractivity contribution in [3.8, 4) is 5.75 Å². The largest absolute Gasteiger partial charge is 0.465 e. The standard InChI is InChI=1S/C24H31FN7O6PS/c1-6-35-20(33)13(2)30-39(40,37-14-10-8-7-9-11-14)38-17-16-24(17,34)23(3,25)21(36-16)32-12-27-15-18(31(4)5)28-22(26)29-19(15)32/h7-13,16-17,21,34H,6H2,1-5H3,(H,30,40)(H2,26,28,29)/t13-,16-,17?,21-,23+,24+,39?/m1/s1.